The van der Waals surface area contributed by atoms with Crippen LogP contribution in [0, 0.1) is 13.8 Å². The van der Waals surface area contributed by atoms with Crippen LogP contribution in [0.25, 0.3) is 0 Å². The SMILES string of the molecule is CNC(C)(C)CN(C)c1cc(C)ccc1C. The fourth-order valence-corrected chi connectivity index (χ4v) is 1.89. The smallest absolute Gasteiger partial charge is 0.0396 e. The van der Waals surface area contributed by atoms with E-state index in [1.807, 2.05) is 7.05 Å². The van der Waals surface area contributed by atoms with Crippen LogP contribution < -0.4 is 10.2 Å². The molecule has 1 N–H and O–H groups in total. The van der Waals surface area contributed by atoms with Gasteiger partial charge in [0, 0.05) is 24.8 Å². The zero-order valence-electron chi connectivity index (χ0n) is 11.4. The predicted octanol–water partition coefficient (Wildman–Crippen LogP) is 2.74. The standard InChI is InChI=1S/C14H24N2/c1-11-7-8-12(2)13(9-11)16(6)10-14(3,4)15-5/h7-9,15H,10H2,1-6H3. The number of aryl methyl sites for hydroxylation is 2. The predicted molar refractivity (Wildman–Crippen MR) is 72.3 cm³/mol. The van der Waals surface area contributed by atoms with Gasteiger partial charge in [0.2, 0.25) is 0 Å². The van der Waals surface area contributed by atoms with Crippen LogP contribution in [0.3, 0.4) is 0 Å². The summed E-state index contributed by atoms with van der Waals surface area (Å²) in [5.41, 5.74) is 4.10. The van der Waals surface area contributed by atoms with Crippen molar-refractivity contribution < 1.29 is 0 Å². The zero-order chi connectivity index (χ0) is 12.3. The molecule has 0 aliphatic heterocycles. The number of anilines is 1. The van der Waals surface area contributed by atoms with E-state index >= 15 is 0 Å². The molecule has 0 fully saturated rings. The lowest BCUT2D eigenvalue weighted by Gasteiger charge is -2.32. The topological polar surface area (TPSA) is 15.3 Å². The van der Waals surface area contributed by atoms with E-state index in [-0.39, 0.29) is 5.54 Å². The number of hydrogen-bond acceptors (Lipinski definition) is 2. The average Bonchev–Trinajstić information content (AvgIpc) is 2.21. The second-order valence-corrected chi connectivity index (χ2v) is 5.28. The van der Waals surface area contributed by atoms with Crippen LogP contribution in [0.4, 0.5) is 5.69 Å². The first kappa shape index (κ1) is 13.0. The van der Waals surface area contributed by atoms with Crippen LogP contribution in [0.1, 0.15) is 25.0 Å². The minimum atomic E-state index is 0.130. The Bertz CT molecular complexity index is 356. The van der Waals surface area contributed by atoms with Crippen LogP contribution in [-0.2, 0) is 0 Å². The lowest BCUT2D eigenvalue weighted by Crippen LogP contribution is -2.46. The van der Waals surface area contributed by atoms with E-state index in [2.05, 4.69) is 63.2 Å². The molecule has 1 aromatic rings. The lowest BCUT2D eigenvalue weighted by atomic mass is 10.0. The lowest BCUT2D eigenvalue weighted by molar-refractivity contribution is 0.428. The van der Waals surface area contributed by atoms with Crippen molar-refractivity contribution in [2.24, 2.45) is 0 Å². The van der Waals surface area contributed by atoms with Gasteiger partial charge in [-0.25, -0.2) is 0 Å². The summed E-state index contributed by atoms with van der Waals surface area (Å²) in [6.45, 7) is 9.73. The van der Waals surface area contributed by atoms with Gasteiger partial charge in [-0.15, -0.1) is 0 Å². The van der Waals surface area contributed by atoms with Gasteiger partial charge in [-0.05, 0) is 51.9 Å². The Morgan fingerprint density at radius 3 is 2.44 bits per heavy atom. The molecule has 2 nitrogen and oxygen atoms in total. The van der Waals surface area contributed by atoms with Crippen LogP contribution in [0.2, 0.25) is 0 Å². The van der Waals surface area contributed by atoms with Crippen molar-refractivity contribution in [2.75, 3.05) is 25.5 Å². The van der Waals surface area contributed by atoms with Gasteiger partial charge in [0.1, 0.15) is 0 Å². The normalized spacial score (nSPS) is 11.6. The molecule has 0 amide bonds. The number of benzene rings is 1. The Hall–Kier alpha value is -1.02. The molecular weight excluding hydrogens is 196 g/mol. The summed E-state index contributed by atoms with van der Waals surface area (Å²) in [5, 5.41) is 3.33. The Morgan fingerprint density at radius 2 is 1.88 bits per heavy atom. The van der Waals surface area contributed by atoms with Gasteiger partial charge in [0.05, 0.1) is 0 Å². The van der Waals surface area contributed by atoms with Crippen molar-refractivity contribution in [1.29, 1.82) is 0 Å². The van der Waals surface area contributed by atoms with Gasteiger partial charge in [0.25, 0.3) is 0 Å². The average molecular weight is 220 g/mol. The maximum atomic E-state index is 3.33. The fourth-order valence-electron chi connectivity index (χ4n) is 1.89. The Labute approximate surface area is 99.7 Å². The van der Waals surface area contributed by atoms with E-state index in [1.54, 1.807) is 0 Å². The van der Waals surface area contributed by atoms with E-state index in [0.717, 1.165) is 6.54 Å². The summed E-state index contributed by atoms with van der Waals surface area (Å²) in [6.07, 6.45) is 0. The monoisotopic (exact) mass is 220 g/mol. The van der Waals surface area contributed by atoms with Crippen molar-refractivity contribution in [1.82, 2.24) is 5.32 Å². The number of rotatable bonds is 4. The molecule has 0 saturated carbocycles. The highest BCUT2D eigenvalue weighted by Crippen LogP contribution is 2.21. The zero-order valence-corrected chi connectivity index (χ0v) is 11.4. The molecule has 0 aromatic heterocycles. The minimum Gasteiger partial charge on any atom is -0.373 e. The molecule has 0 aliphatic carbocycles. The molecule has 16 heavy (non-hydrogen) atoms. The Kier molecular flexibility index (Phi) is 3.98. The molecule has 0 atom stereocenters. The summed E-state index contributed by atoms with van der Waals surface area (Å²) in [6, 6.07) is 6.60. The third-order valence-corrected chi connectivity index (χ3v) is 3.09. The molecule has 0 radical (unpaired) electrons. The van der Waals surface area contributed by atoms with Crippen LogP contribution in [0.15, 0.2) is 18.2 Å². The second-order valence-electron chi connectivity index (χ2n) is 5.28. The van der Waals surface area contributed by atoms with Gasteiger partial charge >= 0.3 is 0 Å². The summed E-state index contributed by atoms with van der Waals surface area (Å²) < 4.78 is 0. The maximum Gasteiger partial charge on any atom is 0.0396 e. The molecule has 1 aromatic carbocycles. The van der Waals surface area contributed by atoms with Crippen molar-refractivity contribution in [2.45, 2.75) is 33.2 Å². The summed E-state index contributed by atoms with van der Waals surface area (Å²) >= 11 is 0. The van der Waals surface area contributed by atoms with Gasteiger partial charge in [-0.1, -0.05) is 12.1 Å². The molecule has 2 heteroatoms. The van der Waals surface area contributed by atoms with Crippen LogP contribution in [-0.4, -0.2) is 26.2 Å². The van der Waals surface area contributed by atoms with Gasteiger partial charge in [-0.2, -0.15) is 0 Å². The molecule has 0 saturated heterocycles. The largest absolute Gasteiger partial charge is 0.373 e. The summed E-state index contributed by atoms with van der Waals surface area (Å²) in [4.78, 5) is 2.32. The third-order valence-electron chi connectivity index (χ3n) is 3.09. The number of hydrogen-bond donors (Lipinski definition) is 1. The third kappa shape index (κ3) is 3.24. The summed E-state index contributed by atoms with van der Waals surface area (Å²) in [7, 11) is 4.16. The first-order valence-corrected chi connectivity index (χ1v) is 5.83. The molecule has 90 valence electrons. The van der Waals surface area contributed by atoms with E-state index in [4.69, 9.17) is 0 Å². The highest BCUT2D eigenvalue weighted by molar-refractivity contribution is 5.54. The number of likely N-dealkylation sites (N-methyl/N-ethyl adjacent to an activating group) is 2. The highest BCUT2D eigenvalue weighted by atomic mass is 15.1. The first-order chi connectivity index (χ1) is 7.35. The highest BCUT2D eigenvalue weighted by Gasteiger charge is 2.18. The van der Waals surface area contributed by atoms with E-state index in [0.29, 0.717) is 0 Å². The maximum absolute atomic E-state index is 3.33. The molecule has 0 bridgehead atoms. The molecule has 0 spiro atoms. The number of nitrogens with one attached hydrogen (secondary N) is 1. The van der Waals surface area contributed by atoms with Crippen molar-refractivity contribution >= 4 is 5.69 Å². The van der Waals surface area contributed by atoms with Crippen molar-refractivity contribution in [3.63, 3.8) is 0 Å². The first-order valence-electron chi connectivity index (χ1n) is 5.83. The van der Waals surface area contributed by atoms with Gasteiger partial charge in [0.15, 0.2) is 0 Å². The fraction of sp³-hybridized carbons (Fsp3) is 0.571. The van der Waals surface area contributed by atoms with Crippen molar-refractivity contribution in [3.8, 4) is 0 Å². The molecule has 0 aliphatic rings. The molecule has 0 heterocycles. The van der Waals surface area contributed by atoms with Gasteiger partial charge < -0.3 is 10.2 Å². The van der Waals surface area contributed by atoms with Crippen LogP contribution in [0.5, 0.6) is 0 Å². The quantitative estimate of drug-likeness (QED) is 0.839. The van der Waals surface area contributed by atoms with E-state index in [9.17, 15) is 0 Å². The molecular formula is C14H24N2. The van der Waals surface area contributed by atoms with Crippen LogP contribution >= 0.6 is 0 Å². The minimum absolute atomic E-state index is 0.130. The second kappa shape index (κ2) is 4.88. The van der Waals surface area contributed by atoms with E-state index < -0.39 is 0 Å². The van der Waals surface area contributed by atoms with Crippen molar-refractivity contribution in [3.05, 3.63) is 29.3 Å². The Balaban J connectivity index is 2.88. The molecule has 1 rings (SSSR count). The molecule has 0 unspecified atom stereocenters. The van der Waals surface area contributed by atoms with Gasteiger partial charge in [-0.3, -0.25) is 0 Å². The number of nitrogens with zero attached hydrogens (tertiary/aromatic N) is 1. The summed E-state index contributed by atoms with van der Waals surface area (Å²) in [5.74, 6) is 0. The van der Waals surface area contributed by atoms with E-state index in [1.165, 1.54) is 16.8 Å². The Morgan fingerprint density at radius 1 is 1.25 bits per heavy atom.